The number of nitrogens with two attached hydrogens (primary N) is 1. The van der Waals surface area contributed by atoms with Crippen molar-refractivity contribution in [1.29, 1.82) is 0 Å². The zero-order valence-corrected chi connectivity index (χ0v) is 11.8. The van der Waals surface area contributed by atoms with Crippen LogP contribution in [0.2, 0.25) is 0 Å². The number of ketones is 2. The summed E-state index contributed by atoms with van der Waals surface area (Å²) < 4.78 is 4.47. The van der Waals surface area contributed by atoms with Crippen LogP contribution in [0.25, 0.3) is 0 Å². The summed E-state index contributed by atoms with van der Waals surface area (Å²) in [5.41, 5.74) is 5.52. The number of carbonyl (C=O) groups is 4. The molecule has 1 aromatic rings. The van der Waals surface area contributed by atoms with E-state index in [9.17, 15) is 19.2 Å². The zero-order chi connectivity index (χ0) is 16.0. The van der Waals surface area contributed by atoms with Crippen LogP contribution >= 0.6 is 0 Å². The summed E-state index contributed by atoms with van der Waals surface area (Å²) in [6.07, 6.45) is -0.929. The Morgan fingerprint density at radius 3 is 1.90 bits per heavy atom. The molecule has 3 N–H and O–H groups in total. The Morgan fingerprint density at radius 1 is 1.00 bits per heavy atom. The fourth-order valence-electron chi connectivity index (χ4n) is 1.58. The number of benzene rings is 1. The van der Waals surface area contributed by atoms with Gasteiger partial charge in [0.2, 0.25) is 0 Å². The highest BCUT2D eigenvalue weighted by Crippen LogP contribution is 2.12. The number of rotatable bonds is 6. The highest BCUT2D eigenvalue weighted by atomic mass is 16.5. The summed E-state index contributed by atoms with van der Waals surface area (Å²) in [7, 11) is 0. The lowest BCUT2D eigenvalue weighted by Crippen LogP contribution is -2.29. The molecule has 0 aromatic heterocycles. The van der Waals surface area contributed by atoms with E-state index in [-0.39, 0.29) is 41.4 Å². The molecule has 112 valence electrons. The third-order valence-electron chi connectivity index (χ3n) is 2.64. The highest BCUT2D eigenvalue weighted by Gasteiger charge is 2.12. The standard InChI is InChI=1S/C14H16N2O5/c1-8(17)10-5-11(9(2)18)7-12(6-10)13(19)16-3-4-21-14(15)20/h5-7H,3-4H2,1-2H3,(H2,15,20)(H,16,19). The molecule has 0 saturated heterocycles. The number of hydrogen-bond donors (Lipinski definition) is 2. The van der Waals surface area contributed by atoms with E-state index in [2.05, 4.69) is 10.1 Å². The Bertz CT molecular complexity index is 563. The lowest BCUT2D eigenvalue weighted by atomic mass is 10.0. The van der Waals surface area contributed by atoms with Gasteiger partial charge < -0.3 is 15.8 Å². The van der Waals surface area contributed by atoms with Gasteiger partial charge in [-0.1, -0.05) is 0 Å². The predicted molar refractivity (Wildman–Crippen MR) is 74.3 cm³/mol. The Balaban J connectivity index is 2.85. The third-order valence-corrected chi connectivity index (χ3v) is 2.64. The zero-order valence-electron chi connectivity index (χ0n) is 11.8. The van der Waals surface area contributed by atoms with E-state index < -0.39 is 12.0 Å². The molecule has 0 aliphatic rings. The van der Waals surface area contributed by atoms with Gasteiger partial charge >= 0.3 is 6.09 Å². The molecule has 0 fully saturated rings. The molecule has 0 radical (unpaired) electrons. The first-order valence-electron chi connectivity index (χ1n) is 6.18. The topological polar surface area (TPSA) is 116 Å². The Hall–Kier alpha value is -2.70. The van der Waals surface area contributed by atoms with Gasteiger partial charge in [0.15, 0.2) is 11.6 Å². The van der Waals surface area contributed by atoms with E-state index in [1.54, 1.807) is 0 Å². The number of nitrogens with one attached hydrogen (secondary N) is 1. The van der Waals surface area contributed by atoms with Crippen molar-refractivity contribution in [1.82, 2.24) is 5.32 Å². The molecule has 2 amide bonds. The molecule has 7 heteroatoms. The average molecular weight is 292 g/mol. The molecule has 0 spiro atoms. The van der Waals surface area contributed by atoms with Crippen LogP contribution in [0.15, 0.2) is 18.2 Å². The molecule has 0 bridgehead atoms. The number of carbonyl (C=O) groups excluding carboxylic acids is 4. The highest BCUT2D eigenvalue weighted by molar-refractivity contribution is 6.04. The first-order valence-corrected chi connectivity index (χ1v) is 6.18. The largest absolute Gasteiger partial charge is 0.448 e. The first kappa shape index (κ1) is 16.4. The van der Waals surface area contributed by atoms with Crippen LogP contribution in [0.1, 0.15) is 44.9 Å². The smallest absolute Gasteiger partial charge is 0.404 e. The van der Waals surface area contributed by atoms with Gasteiger partial charge in [-0.2, -0.15) is 0 Å². The molecule has 21 heavy (non-hydrogen) atoms. The van der Waals surface area contributed by atoms with E-state index in [0.717, 1.165) is 0 Å². The maximum absolute atomic E-state index is 11.9. The Kier molecular flexibility index (Phi) is 5.59. The number of hydrogen-bond acceptors (Lipinski definition) is 5. The number of primary amides is 1. The van der Waals surface area contributed by atoms with Crippen LogP contribution in [-0.2, 0) is 4.74 Å². The van der Waals surface area contributed by atoms with Crippen molar-refractivity contribution in [3.05, 3.63) is 34.9 Å². The van der Waals surface area contributed by atoms with Gasteiger partial charge in [0.1, 0.15) is 6.61 Å². The summed E-state index contributed by atoms with van der Waals surface area (Å²) in [4.78, 5) is 45.1. The monoisotopic (exact) mass is 292 g/mol. The van der Waals surface area contributed by atoms with Crippen LogP contribution < -0.4 is 11.1 Å². The van der Waals surface area contributed by atoms with Crippen molar-refractivity contribution in [2.24, 2.45) is 5.73 Å². The lowest BCUT2D eigenvalue weighted by Gasteiger charge is -2.08. The fourth-order valence-corrected chi connectivity index (χ4v) is 1.58. The van der Waals surface area contributed by atoms with Crippen molar-refractivity contribution in [3.8, 4) is 0 Å². The molecule has 0 unspecified atom stereocenters. The van der Waals surface area contributed by atoms with Crippen molar-refractivity contribution in [2.45, 2.75) is 13.8 Å². The molecule has 1 aromatic carbocycles. The fraction of sp³-hybridized carbons (Fsp3) is 0.286. The van der Waals surface area contributed by atoms with Crippen molar-refractivity contribution in [3.63, 3.8) is 0 Å². The minimum atomic E-state index is -0.929. The van der Waals surface area contributed by atoms with Crippen LogP contribution in [0, 0.1) is 0 Å². The van der Waals surface area contributed by atoms with Crippen LogP contribution in [0.4, 0.5) is 4.79 Å². The van der Waals surface area contributed by atoms with Crippen LogP contribution in [0.5, 0.6) is 0 Å². The van der Waals surface area contributed by atoms with Crippen LogP contribution in [0.3, 0.4) is 0 Å². The summed E-state index contributed by atoms with van der Waals surface area (Å²) in [6.45, 7) is 2.71. The first-order chi connectivity index (χ1) is 9.81. The third kappa shape index (κ3) is 5.06. The second kappa shape index (κ2) is 7.18. The molecular formula is C14H16N2O5. The average Bonchev–Trinajstić information content (AvgIpc) is 2.42. The van der Waals surface area contributed by atoms with Gasteiger partial charge in [-0.05, 0) is 32.0 Å². The molecule has 0 atom stereocenters. The number of ether oxygens (including phenoxy) is 1. The van der Waals surface area contributed by atoms with Crippen molar-refractivity contribution < 1.29 is 23.9 Å². The summed E-state index contributed by atoms with van der Waals surface area (Å²) in [5.74, 6) is -0.970. The van der Waals surface area contributed by atoms with E-state index in [1.807, 2.05) is 0 Å². The van der Waals surface area contributed by atoms with E-state index in [0.29, 0.717) is 0 Å². The summed E-state index contributed by atoms with van der Waals surface area (Å²) >= 11 is 0. The minimum Gasteiger partial charge on any atom is -0.448 e. The van der Waals surface area contributed by atoms with Crippen molar-refractivity contribution in [2.75, 3.05) is 13.2 Å². The van der Waals surface area contributed by atoms with Gasteiger partial charge in [-0.25, -0.2) is 4.79 Å². The summed E-state index contributed by atoms with van der Waals surface area (Å²) in [5, 5.41) is 2.49. The van der Waals surface area contributed by atoms with Gasteiger partial charge in [0, 0.05) is 16.7 Å². The second-order valence-corrected chi connectivity index (χ2v) is 4.33. The van der Waals surface area contributed by atoms with Gasteiger partial charge in [0.05, 0.1) is 6.54 Å². The maximum atomic E-state index is 11.9. The molecule has 0 aliphatic heterocycles. The SMILES string of the molecule is CC(=O)c1cc(C(C)=O)cc(C(=O)NCCOC(N)=O)c1. The predicted octanol–water partition coefficient (Wildman–Crippen LogP) is 0.917. The molecular weight excluding hydrogens is 276 g/mol. The van der Waals surface area contributed by atoms with E-state index >= 15 is 0 Å². The lowest BCUT2D eigenvalue weighted by molar-refractivity contribution is 0.0937. The van der Waals surface area contributed by atoms with Crippen LogP contribution in [-0.4, -0.2) is 36.7 Å². The van der Waals surface area contributed by atoms with Crippen molar-refractivity contribution >= 4 is 23.6 Å². The Morgan fingerprint density at radius 2 is 1.48 bits per heavy atom. The maximum Gasteiger partial charge on any atom is 0.404 e. The second-order valence-electron chi connectivity index (χ2n) is 4.33. The number of Topliss-reactive ketones (excluding diaryl/α,β-unsaturated/α-hetero) is 2. The molecule has 0 heterocycles. The molecule has 0 aliphatic carbocycles. The minimum absolute atomic E-state index is 0.0625. The van der Waals surface area contributed by atoms with Gasteiger partial charge in [0.25, 0.3) is 5.91 Å². The van der Waals surface area contributed by atoms with E-state index in [4.69, 9.17) is 5.73 Å². The molecule has 7 nitrogen and oxygen atoms in total. The van der Waals surface area contributed by atoms with E-state index in [1.165, 1.54) is 32.0 Å². The number of amides is 2. The Labute approximate surface area is 121 Å². The normalized spacial score (nSPS) is 9.81. The summed E-state index contributed by atoms with van der Waals surface area (Å²) in [6, 6.07) is 4.25. The molecule has 0 saturated carbocycles. The van der Waals surface area contributed by atoms with Gasteiger partial charge in [-0.15, -0.1) is 0 Å². The van der Waals surface area contributed by atoms with Gasteiger partial charge in [-0.3, -0.25) is 14.4 Å². The quantitative estimate of drug-likeness (QED) is 0.597. The molecule has 1 rings (SSSR count).